The Morgan fingerprint density at radius 1 is 1.35 bits per heavy atom. The van der Waals surface area contributed by atoms with Crippen LogP contribution in [0.2, 0.25) is 0 Å². The Morgan fingerprint density at radius 2 is 1.97 bits per heavy atom. The molecule has 1 aliphatic rings. The zero-order valence-corrected chi connectivity index (χ0v) is 19.7. The number of carboxylic acids is 1. The summed E-state index contributed by atoms with van der Waals surface area (Å²) in [5, 5.41) is 7.12. The molecule has 3 N–H and O–H groups in total. The second kappa shape index (κ2) is 11.1. The monoisotopic (exact) mass is 556 g/mol. The first kappa shape index (κ1) is 27.5. The molecule has 2 aromatic rings. The zero-order chi connectivity index (χ0) is 25.8. The van der Waals surface area contributed by atoms with E-state index < -0.39 is 23.8 Å². The normalized spacial score (nSPS) is 15.8. The second-order valence-corrected chi connectivity index (χ2v) is 8.41. The Morgan fingerprint density at radius 3 is 2.44 bits per heavy atom. The smallest absolute Gasteiger partial charge is 0.475 e. The Hall–Kier alpha value is -2.74. The fraction of sp³-hybridized carbons (Fsp3) is 0.450. The highest BCUT2D eigenvalue weighted by Gasteiger charge is 2.38. The van der Waals surface area contributed by atoms with Crippen molar-refractivity contribution in [2.24, 2.45) is 5.73 Å². The van der Waals surface area contributed by atoms with Gasteiger partial charge < -0.3 is 20.5 Å². The highest BCUT2D eigenvalue weighted by molar-refractivity contribution is 9.10. The van der Waals surface area contributed by atoms with Crippen LogP contribution in [-0.2, 0) is 11.4 Å². The SMILES string of the molecule is CC(C)n1c(N2CC[C@@H](N)C2)nc(OCc2ccc(F)cc2F)c(Br)c1=O.O=C(O)C(F)(F)F. The predicted molar refractivity (Wildman–Crippen MR) is 116 cm³/mol. The molecule has 0 aliphatic carbocycles. The maximum absolute atomic E-state index is 13.8. The Kier molecular flexibility index (Phi) is 9.00. The van der Waals surface area contributed by atoms with E-state index in [0.29, 0.717) is 19.0 Å². The molecule has 3 rings (SSSR count). The van der Waals surface area contributed by atoms with Crippen molar-refractivity contribution < 1.29 is 36.6 Å². The van der Waals surface area contributed by atoms with E-state index in [0.717, 1.165) is 18.6 Å². The van der Waals surface area contributed by atoms with Gasteiger partial charge in [-0.2, -0.15) is 18.2 Å². The van der Waals surface area contributed by atoms with Crippen LogP contribution in [0.25, 0.3) is 0 Å². The van der Waals surface area contributed by atoms with Crippen LogP contribution in [0.1, 0.15) is 31.9 Å². The maximum Gasteiger partial charge on any atom is 0.490 e. The van der Waals surface area contributed by atoms with Crippen LogP contribution in [-0.4, -0.2) is 45.9 Å². The van der Waals surface area contributed by atoms with Crippen molar-refractivity contribution in [2.75, 3.05) is 18.0 Å². The summed E-state index contributed by atoms with van der Waals surface area (Å²) in [5.41, 5.74) is 5.87. The first-order valence-electron chi connectivity index (χ1n) is 9.91. The Balaban J connectivity index is 0.000000509. The van der Waals surface area contributed by atoms with Crippen molar-refractivity contribution in [3.8, 4) is 5.88 Å². The van der Waals surface area contributed by atoms with Gasteiger partial charge in [0.15, 0.2) is 0 Å². The van der Waals surface area contributed by atoms with Gasteiger partial charge >= 0.3 is 12.1 Å². The van der Waals surface area contributed by atoms with Gasteiger partial charge in [0.2, 0.25) is 11.8 Å². The van der Waals surface area contributed by atoms with Crippen molar-refractivity contribution in [1.29, 1.82) is 0 Å². The van der Waals surface area contributed by atoms with Gasteiger partial charge in [0.05, 0.1) is 0 Å². The number of nitrogens with two attached hydrogens (primary N) is 1. The molecule has 1 aromatic carbocycles. The molecule has 0 spiro atoms. The van der Waals surface area contributed by atoms with E-state index in [1.165, 1.54) is 6.07 Å². The number of nitrogens with zero attached hydrogens (tertiary/aromatic N) is 3. The number of carbonyl (C=O) groups is 1. The number of carboxylic acid groups (broad SMARTS) is 1. The molecule has 2 heterocycles. The fourth-order valence-electron chi connectivity index (χ4n) is 3.02. The standard InChI is InChI=1S/C18H21BrF2N4O2.C2HF3O2/c1-10(2)25-17(26)15(19)16(23-18(25)24-6-5-13(22)8-24)27-9-11-3-4-12(20)7-14(11)21;3-2(4,5)1(6)7/h3-4,7,10,13H,5-6,8-9,22H2,1-2H3;(H,6,7)/t13-;/m1./s1. The molecule has 1 saturated heterocycles. The number of alkyl halides is 3. The van der Waals surface area contributed by atoms with Crippen molar-refractivity contribution in [3.63, 3.8) is 0 Å². The molecule has 34 heavy (non-hydrogen) atoms. The number of aromatic nitrogens is 2. The summed E-state index contributed by atoms with van der Waals surface area (Å²) in [6, 6.07) is 3.14. The maximum atomic E-state index is 13.8. The molecule has 0 amide bonds. The minimum atomic E-state index is -5.08. The second-order valence-electron chi connectivity index (χ2n) is 7.62. The number of ether oxygens (including phenoxy) is 1. The van der Waals surface area contributed by atoms with E-state index in [1.54, 1.807) is 4.57 Å². The first-order valence-corrected chi connectivity index (χ1v) is 10.7. The number of halogens is 6. The summed E-state index contributed by atoms with van der Waals surface area (Å²) in [4.78, 5) is 28.2. The lowest BCUT2D eigenvalue weighted by Crippen LogP contribution is -2.35. The quantitative estimate of drug-likeness (QED) is 0.541. The number of rotatable bonds is 5. The zero-order valence-electron chi connectivity index (χ0n) is 18.1. The molecule has 0 radical (unpaired) electrons. The molecular weight excluding hydrogens is 535 g/mol. The molecule has 1 fully saturated rings. The van der Waals surface area contributed by atoms with Crippen molar-refractivity contribution in [2.45, 2.75) is 45.1 Å². The molecule has 8 nitrogen and oxygen atoms in total. The topological polar surface area (TPSA) is 111 Å². The van der Waals surface area contributed by atoms with Crippen molar-refractivity contribution >= 4 is 27.8 Å². The number of hydrogen-bond donors (Lipinski definition) is 2. The van der Waals surface area contributed by atoms with E-state index in [4.69, 9.17) is 20.4 Å². The lowest BCUT2D eigenvalue weighted by atomic mass is 10.2. The number of aliphatic carboxylic acids is 1. The summed E-state index contributed by atoms with van der Waals surface area (Å²) in [5.74, 6) is -3.60. The Bertz CT molecular complexity index is 1090. The average molecular weight is 557 g/mol. The molecule has 1 atom stereocenters. The minimum Gasteiger partial charge on any atom is -0.475 e. The number of benzene rings is 1. The summed E-state index contributed by atoms with van der Waals surface area (Å²) in [7, 11) is 0. The number of anilines is 1. The van der Waals surface area contributed by atoms with Gasteiger partial charge in [0.1, 0.15) is 22.7 Å². The third-order valence-corrected chi connectivity index (χ3v) is 5.34. The van der Waals surface area contributed by atoms with E-state index in [9.17, 15) is 26.7 Å². The van der Waals surface area contributed by atoms with Crippen LogP contribution in [0.5, 0.6) is 5.88 Å². The van der Waals surface area contributed by atoms with Crippen LogP contribution in [0.15, 0.2) is 27.5 Å². The lowest BCUT2D eigenvalue weighted by Gasteiger charge is -2.24. The fourth-order valence-corrected chi connectivity index (χ4v) is 3.41. The van der Waals surface area contributed by atoms with E-state index in [1.807, 2.05) is 18.7 Å². The highest BCUT2D eigenvalue weighted by atomic mass is 79.9. The first-order chi connectivity index (χ1) is 15.7. The van der Waals surface area contributed by atoms with Gasteiger partial charge in [-0.05, 0) is 48.3 Å². The predicted octanol–water partition coefficient (Wildman–Crippen LogP) is 3.61. The van der Waals surface area contributed by atoms with Gasteiger partial charge in [0, 0.05) is 36.8 Å². The molecule has 1 aliphatic heterocycles. The molecular formula is C20H22BrF5N4O4. The van der Waals surface area contributed by atoms with E-state index in [2.05, 4.69) is 20.9 Å². The van der Waals surface area contributed by atoms with Gasteiger partial charge in [-0.3, -0.25) is 9.36 Å². The lowest BCUT2D eigenvalue weighted by molar-refractivity contribution is -0.192. The van der Waals surface area contributed by atoms with E-state index >= 15 is 0 Å². The molecule has 14 heteroatoms. The van der Waals surface area contributed by atoms with Crippen LogP contribution >= 0.6 is 15.9 Å². The molecule has 1 aromatic heterocycles. The molecule has 0 bridgehead atoms. The van der Waals surface area contributed by atoms with Crippen LogP contribution in [0.3, 0.4) is 0 Å². The van der Waals surface area contributed by atoms with Crippen molar-refractivity contribution in [1.82, 2.24) is 9.55 Å². The van der Waals surface area contributed by atoms with Gasteiger partial charge in [-0.1, -0.05) is 0 Å². The largest absolute Gasteiger partial charge is 0.490 e. The molecule has 0 saturated carbocycles. The summed E-state index contributed by atoms with van der Waals surface area (Å²) < 4.78 is 65.9. The number of hydrogen-bond acceptors (Lipinski definition) is 6. The molecule has 0 unspecified atom stereocenters. The van der Waals surface area contributed by atoms with Crippen molar-refractivity contribution in [3.05, 3.63) is 50.2 Å². The van der Waals surface area contributed by atoms with Gasteiger partial charge in [0.25, 0.3) is 5.56 Å². The summed E-state index contributed by atoms with van der Waals surface area (Å²) >= 11 is 3.24. The summed E-state index contributed by atoms with van der Waals surface area (Å²) in [6.45, 7) is 4.88. The Labute approximate surface area is 199 Å². The van der Waals surface area contributed by atoms with Gasteiger partial charge in [-0.25, -0.2) is 13.6 Å². The molecule has 188 valence electrons. The van der Waals surface area contributed by atoms with Crippen LogP contribution in [0, 0.1) is 11.6 Å². The minimum absolute atomic E-state index is 0.0174. The average Bonchev–Trinajstić information content (AvgIpc) is 3.15. The third-order valence-electron chi connectivity index (χ3n) is 4.66. The van der Waals surface area contributed by atoms with Gasteiger partial charge in [-0.15, -0.1) is 0 Å². The third kappa shape index (κ3) is 6.88. The highest BCUT2D eigenvalue weighted by Crippen LogP contribution is 2.27. The summed E-state index contributed by atoms with van der Waals surface area (Å²) in [6.07, 6.45) is -4.28. The van der Waals surface area contributed by atoms with Crippen LogP contribution < -0.4 is 20.9 Å². The van der Waals surface area contributed by atoms with E-state index in [-0.39, 0.29) is 40.2 Å². The van der Waals surface area contributed by atoms with Crippen LogP contribution in [0.4, 0.5) is 27.9 Å².